The summed E-state index contributed by atoms with van der Waals surface area (Å²) in [5.41, 5.74) is 5.98. The molecule has 50 heavy (non-hydrogen) atoms. The molecule has 280 valence electrons. The van der Waals surface area contributed by atoms with E-state index in [0.717, 1.165) is 0 Å². The molecule has 0 fully saturated rings. The van der Waals surface area contributed by atoms with Crippen LogP contribution in [0.4, 0.5) is 0 Å². The summed E-state index contributed by atoms with van der Waals surface area (Å²) in [6.07, 6.45) is -2.49. The van der Waals surface area contributed by atoms with E-state index >= 15 is 0 Å². The Balaban J connectivity index is 3.03. The quantitative estimate of drug-likeness (QED) is 0.0610. The van der Waals surface area contributed by atoms with Crippen molar-refractivity contribution < 1.29 is 59.1 Å². The van der Waals surface area contributed by atoms with E-state index < -0.39 is 109 Å². The Labute approximate surface area is 288 Å². The first-order valence-corrected chi connectivity index (χ1v) is 15.8. The number of nitrogens with two attached hydrogens (primary N) is 1. The standard InChI is InChI=1S/C31H49N7O12/c1-6-14(2)24(31(49)50)37-30(48)25(17(5)41)38-28(46)20(11-18-7-9-19(42)10-8-18)35-22(43)12-33-27(45)21(13-39)36-26(44)15(3)34-29(47)23(32)16(4)40/h7-10,14-17,20-21,23-25,39-42H,6,11-13,32H2,1-5H3,(H,33,45)(H,34,47)(H,35,43)(H,36,44)(H,37,48)(H,38,46)(H,49,50)/t14-,15-,16+,17+,20-,21-,23-,24-,25-/m0/s1. The lowest BCUT2D eigenvalue weighted by Crippen LogP contribution is -2.60. The van der Waals surface area contributed by atoms with Crippen LogP contribution >= 0.6 is 0 Å². The van der Waals surface area contributed by atoms with Crippen molar-refractivity contribution in [3.63, 3.8) is 0 Å². The van der Waals surface area contributed by atoms with Crippen LogP contribution in [0.25, 0.3) is 0 Å². The summed E-state index contributed by atoms with van der Waals surface area (Å²) in [6, 6.07) is -2.90. The summed E-state index contributed by atoms with van der Waals surface area (Å²) in [4.78, 5) is 88.2. The highest BCUT2D eigenvalue weighted by Gasteiger charge is 2.34. The molecular weight excluding hydrogens is 662 g/mol. The molecule has 0 bridgehead atoms. The maximum Gasteiger partial charge on any atom is 0.326 e. The first-order chi connectivity index (χ1) is 23.3. The lowest BCUT2D eigenvalue weighted by molar-refractivity contribution is -0.144. The van der Waals surface area contributed by atoms with E-state index in [0.29, 0.717) is 12.0 Å². The number of amides is 6. The smallest absolute Gasteiger partial charge is 0.326 e. The predicted octanol–water partition coefficient (Wildman–Crippen LogP) is -4.29. The summed E-state index contributed by atoms with van der Waals surface area (Å²) < 4.78 is 0. The molecule has 1 rings (SSSR count). The number of rotatable bonds is 20. The minimum absolute atomic E-state index is 0.0766. The molecule has 13 N–H and O–H groups in total. The fraction of sp³-hybridized carbons (Fsp3) is 0.581. The van der Waals surface area contributed by atoms with Crippen molar-refractivity contribution >= 4 is 41.4 Å². The molecule has 0 heterocycles. The minimum Gasteiger partial charge on any atom is -0.508 e. The number of aliphatic hydroxyl groups excluding tert-OH is 3. The first-order valence-electron chi connectivity index (χ1n) is 15.8. The van der Waals surface area contributed by atoms with Crippen LogP contribution in [0.3, 0.4) is 0 Å². The maximum atomic E-state index is 13.4. The molecule has 0 aliphatic rings. The molecule has 19 nitrogen and oxygen atoms in total. The average molecular weight is 712 g/mol. The number of aromatic hydroxyl groups is 1. The van der Waals surface area contributed by atoms with Crippen molar-refractivity contribution in [2.45, 2.75) is 95.9 Å². The van der Waals surface area contributed by atoms with Crippen LogP contribution < -0.4 is 37.6 Å². The van der Waals surface area contributed by atoms with Gasteiger partial charge in [0.1, 0.15) is 42.0 Å². The van der Waals surface area contributed by atoms with Gasteiger partial charge in [0.2, 0.25) is 35.4 Å². The second-order valence-electron chi connectivity index (χ2n) is 11.9. The van der Waals surface area contributed by atoms with Crippen molar-refractivity contribution in [1.82, 2.24) is 31.9 Å². The van der Waals surface area contributed by atoms with Gasteiger partial charge in [-0.1, -0.05) is 32.4 Å². The maximum absolute atomic E-state index is 13.4. The summed E-state index contributed by atoms with van der Waals surface area (Å²) in [6.45, 7) is 5.41. The second kappa shape index (κ2) is 20.6. The summed E-state index contributed by atoms with van der Waals surface area (Å²) in [7, 11) is 0. The molecule has 0 saturated heterocycles. The molecule has 9 atom stereocenters. The normalized spacial score (nSPS) is 16.4. The number of phenols is 1. The number of carboxylic acid groups (broad SMARTS) is 1. The Morgan fingerprint density at radius 3 is 1.80 bits per heavy atom. The Morgan fingerprint density at radius 1 is 0.720 bits per heavy atom. The van der Waals surface area contributed by atoms with Gasteiger partial charge in [0.05, 0.1) is 25.4 Å². The number of benzene rings is 1. The third-order valence-electron chi connectivity index (χ3n) is 7.68. The van der Waals surface area contributed by atoms with E-state index in [4.69, 9.17) is 5.73 Å². The molecule has 0 unspecified atom stereocenters. The predicted molar refractivity (Wildman–Crippen MR) is 176 cm³/mol. The monoisotopic (exact) mass is 711 g/mol. The molecule has 0 radical (unpaired) electrons. The Hall–Kier alpha value is -4.85. The Bertz CT molecular complexity index is 1340. The number of hydrogen-bond acceptors (Lipinski definition) is 12. The summed E-state index contributed by atoms with van der Waals surface area (Å²) >= 11 is 0. The van der Waals surface area contributed by atoms with Gasteiger partial charge in [-0.05, 0) is 44.4 Å². The zero-order chi connectivity index (χ0) is 38.3. The SMILES string of the molecule is CC[C@H](C)[C@H](NC(=O)[C@@H](NC(=O)[C@H](Cc1ccc(O)cc1)NC(=O)CNC(=O)[C@H](CO)NC(=O)[C@H](C)NC(=O)[C@@H](N)[C@@H](C)O)[C@@H](C)O)C(=O)O. The van der Waals surface area contributed by atoms with Gasteiger partial charge in [-0.25, -0.2) is 4.79 Å². The number of carbonyl (C=O) groups is 7. The number of nitrogens with one attached hydrogen (secondary N) is 6. The van der Waals surface area contributed by atoms with Gasteiger partial charge in [-0.3, -0.25) is 28.8 Å². The van der Waals surface area contributed by atoms with Gasteiger partial charge in [-0.2, -0.15) is 0 Å². The van der Waals surface area contributed by atoms with Crippen LogP contribution in [-0.4, -0.2) is 129 Å². The minimum atomic E-state index is -1.63. The number of hydrogen-bond donors (Lipinski definition) is 12. The van der Waals surface area contributed by atoms with E-state index in [2.05, 4.69) is 31.9 Å². The van der Waals surface area contributed by atoms with E-state index in [1.54, 1.807) is 13.8 Å². The van der Waals surface area contributed by atoms with Crippen LogP contribution in [-0.2, 0) is 40.0 Å². The molecule has 0 aromatic heterocycles. The molecule has 0 aliphatic heterocycles. The molecule has 6 amide bonds. The Kier molecular flexibility index (Phi) is 17.8. The number of carboxylic acids is 1. The van der Waals surface area contributed by atoms with Gasteiger partial charge in [-0.15, -0.1) is 0 Å². The fourth-order valence-corrected chi connectivity index (χ4v) is 4.28. The van der Waals surface area contributed by atoms with Gasteiger partial charge in [0, 0.05) is 6.42 Å². The summed E-state index contributed by atoms with van der Waals surface area (Å²) in [5, 5.41) is 62.3. The number of carbonyl (C=O) groups excluding carboxylic acids is 6. The zero-order valence-corrected chi connectivity index (χ0v) is 28.5. The van der Waals surface area contributed by atoms with Crippen molar-refractivity contribution in [2.24, 2.45) is 11.7 Å². The third kappa shape index (κ3) is 13.9. The first kappa shape index (κ1) is 43.2. The molecule has 0 spiro atoms. The van der Waals surface area contributed by atoms with Crippen LogP contribution in [0.2, 0.25) is 0 Å². The van der Waals surface area contributed by atoms with Gasteiger partial charge >= 0.3 is 5.97 Å². The number of phenolic OH excluding ortho intramolecular Hbond substituents is 1. The van der Waals surface area contributed by atoms with Gasteiger partial charge < -0.3 is 63.2 Å². The topological polar surface area (TPSA) is 319 Å². The zero-order valence-electron chi connectivity index (χ0n) is 28.5. The molecule has 19 heteroatoms. The lowest BCUT2D eigenvalue weighted by atomic mass is 9.98. The van der Waals surface area contributed by atoms with Crippen LogP contribution in [0.1, 0.15) is 46.6 Å². The number of aliphatic hydroxyl groups is 3. The van der Waals surface area contributed by atoms with E-state index in [1.807, 2.05) is 0 Å². The lowest BCUT2D eigenvalue weighted by Gasteiger charge is -2.27. The highest BCUT2D eigenvalue weighted by Crippen LogP contribution is 2.12. The highest BCUT2D eigenvalue weighted by atomic mass is 16.4. The van der Waals surface area contributed by atoms with Crippen molar-refractivity contribution in [2.75, 3.05) is 13.2 Å². The largest absolute Gasteiger partial charge is 0.508 e. The van der Waals surface area contributed by atoms with Crippen molar-refractivity contribution in [3.05, 3.63) is 29.8 Å². The highest BCUT2D eigenvalue weighted by molar-refractivity contribution is 5.96. The Morgan fingerprint density at radius 2 is 1.30 bits per heavy atom. The van der Waals surface area contributed by atoms with E-state index in [-0.39, 0.29) is 12.2 Å². The molecule has 0 aliphatic carbocycles. The summed E-state index contributed by atoms with van der Waals surface area (Å²) in [5.74, 6) is -7.48. The van der Waals surface area contributed by atoms with Gasteiger partial charge in [0.25, 0.3) is 0 Å². The number of aliphatic carboxylic acids is 1. The molecule has 0 saturated carbocycles. The molecule has 1 aromatic carbocycles. The third-order valence-corrected chi connectivity index (χ3v) is 7.68. The van der Waals surface area contributed by atoms with Crippen LogP contribution in [0.5, 0.6) is 5.75 Å². The van der Waals surface area contributed by atoms with Gasteiger partial charge in [0.15, 0.2) is 0 Å². The van der Waals surface area contributed by atoms with E-state index in [9.17, 15) is 59.1 Å². The van der Waals surface area contributed by atoms with Crippen molar-refractivity contribution in [3.8, 4) is 5.75 Å². The second-order valence-corrected chi connectivity index (χ2v) is 11.9. The van der Waals surface area contributed by atoms with Crippen LogP contribution in [0.15, 0.2) is 24.3 Å². The fourth-order valence-electron chi connectivity index (χ4n) is 4.28. The van der Waals surface area contributed by atoms with E-state index in [1.165, 1.54) is 45.0 Å². The van der Waals surface area contributed by atoms with Crippen molar-refractivity contribution in [1.29, 1.82) is 0 Å². The molecular formula is C31H49N7O12. The van der Waals surface area contributed by atoms with Crippen LogP contribution in [0, 0.1) is 5.92 Å². The molecule has 1 aromatic rings. The average Bonchev–Trinajstić information content (AvgIpc) is 3.06.